The van der Waals surface area contributed by atoms with Crippen LogP contribution in [0.1, 0.15) is 39.5 Å². The van der Waals surface area contributed by atoms with Gasteiger partial charge < -0.3 is 10.2 Å². The third-order valence-electron chi connectivity index (χ3n) is 3.82. The molecule has 16 heavy (non-hydrogen) atoms. The highest BCUT2D eigenvalue weighted by Crippen LogP contribution is 2.32. The van der Waals surface area contributed by atoms with Crippen molar-refractivity contribution in [1.82, 2.24) is 10.2 Å². The van der Waals surface area contributed by atoms with Crippen molar-refractivity contribution in [3.8, 4) is 0 Å². The first kappa shape index (κ1) is 14.3. The Kier molecular flexibility index (Phi) is 5.55. The van der Waals surface area contributed by atoms with Gasteiger partial charge in [0.15, 0.2) is 0 Å². The van der Waals surface area contributed by atoms with Crippen molar-refractivity contribution in [3.63, 3.8) is 0 Å². The van der Waals surface area contributed by atoms with Crippen LogP contribution in [0.4, 0.5) is 0 Å². The van der Waals surface area contributed by atoms with E-state index >= 15 is 0 Å². The average Bonchev–Trinajstić information content (AvgIpc) is 2.89. The standard InChI is InChI=1S/C13H26N2.ClH/c1-3-8-15(9-12-4-5-12)11-13(2)6-7-14-10-13;/h12,14H,3-11H2,1-2H3;1H. The van der Waals surface area contributed by atoms with Crippen LogP contribution in [0.2, 0.25) is 0 Å². The van der Waals surface area contributed by atoms with Gasteiger partial charge in [0.25, 0.3) is 0 Å². The van der Waals surface area contributed by atoms with Crippen molar-refractivity contribution >= 4 is 12.4 Å². The molecule has 0 aromatic heterocycles. The van der Waals surface area contributed by atoms with Gasteiger partial charge in [-0.1, -0.05) is 13.8 Å². The van der Waals surface area contributed by atoms with Crippen LogP contribution in [0.5, 0.6) is 0 Å². The minimum absolute atomic E-state index is 0. The lowest BCUT2D eigenvalue weighted by Gasteiger charge is -2.31. The number of halogens is 1. The van der Waals surface area contributed by atoms with E-state index in [-0.39, 0.29) is 12.4 Å². The fraction of sp³-hybridized carbons (Fsp3) is 1.00. The maximum atomic E-state index is 3.50. The molecule has 1 N–H and O–H groups in total. The predicted molar refractivity (Wildman–Crippen MR) is 72.3 cm³/mol. The lowest BCUT2D eigenvalue weighted by molar-refractivity contribution is 0.171. The normalized spacial score (nSPS) is 29.4. The molecule has 0 radical (unpaired) electrons. The molecule has 0 amide bonds. The van der Waals surface area contributed by atoms with Gasteiger partial charge >= 0.3 is 0 Å². The Balaban J connectivity index is 0.00000128. The van der Waals surface area contributed by atoms with Gasteiger partial charge in [0.05, 0.1) is 0 Å². The molecule has 2 nitrogen and oxygen atoms in total. The first-order valence-electron chi connectivity index (χ1n) is 6.65. The third kappa shape index (κ3) is 4.23. The van der Waals surface area contributed by atoms with E-state index in [1.165, 1.54) is 58.4 Å². The number of nitrogens with one attached hydrogen (secondary N) is 1. The van der Waals surface area contributed by atoms with Gasteiger partial charge in [-0.15, -0.1) is 12.4 Å². The Morgan fingerprint density at radius 2 is 2.12 bits per heavy atom. The number of hydrogen-bond donors (Lipinski definition) is 1. The molecule has 1 unspecified atom stereocenters. The highest BCUT2D eigenvalue weighted by Gasteiger charge is 2.32. The topological polar surface area (TPSA) is 15.3 Å². The zero-order valence-corrected chi connectivity index (χ0v) is 11.6. The Bertz CT molecular complexity index is 198. The van der Waals surface area contributed by atoms with E-state index in [1.807, 2.05) is 0 Å². The maximum absolute atomic E-state index is 3.50. The van der Waals surface area contributed by atoms with E-state index in [0.717, 1.165) is 5.92 Å². The van der Waals surface area contributed by atoms with E-state index in [4.69, 9.17) is 0 Å². The molecule has 1 heterocycles. The first-order chi connectivity index (χ1) is 7.22. The molecule has 1 aliphatic carbocycles. The third-order valence-corrected chi connectivity index (χ3v) is 3.82. The molecule has 2 rings (SSSR count). The highest BCUT2D eigenvalue weighted by molar-refractivity contribution is 5.85. The monoisotopic (exact) mass is 246 g/mol. The largest absolute Gasteiger partial charge is 0.316 e. The Morgan fingerprint density at radius 3 is 2.62 bits per heavy atom. The van der Waals surface area contributed by atoms with Crippen LogP contribution in [-0.2, 0) is 0 Å². The molecule has 1 saturated carbocycles. The fourth-order valence-corrected chi connectivity index (χ4v) is 2.76. The molecule has 0 aromatic carbocycles. The molecule has 96 valence electrons. The SMILES string of the molecule is CCCN(CC1CC1)CC1(C)CCNC1.Cl. The Labute approximate surface area is 107 Å². The minimum Gasteiger partial charge on any atom is -0.316 e. The summed E-state index contributed by atoms with van der Waals surface area (Å²) in [5, 5.41) is 3.50. The van der Waals surface area contributed by atoms with Crippen molar-refractivity contribution in [2.75, 3.05) is 32.7 Å². The Hall–Kier alpha value is 0.210. The summed E-state index contributed by atoms with van der Waals surface area (Å²) in [5.74, 6) is 1.04. The summed E-state index contributed by atoms with van der Waals surface area (Å²) >= 11 is 0. The molecule has 2 aliphatic rings. The summed E-state index contributed by atoms with van der Waals surface area (Å²) in [6, 6.07) is 0. The van der Waals surface area contributed by atoms with E-state index in [9.17, 15) is 0 Å². The first-order valence-corrected chi connectivity index (χ1v) is 6.65. The van der Waals surface area contributed by atoms with Gasteiger partial charge in [0.1, 0.15) is 0 Å². The van der Waals surface area contributed by atoms with E-state index in [0.29, 0.717) is 5.41 Å². The van der Waals surface area contributed by atoms with Crippen LogP contribution in [0.15, 0.2) is 0 Å². The second kappa shape index (κ2) is 6.23. The molecule has 1 saturated heterocycles. The number of rotatable bonds is 6. The van der Waals surface area contributed by atoms with E-state index in [2.05, 4.69) is 24.1 Å². The van der Waals surface area contributed by atoms with Crippen LogP contribution < -0.4 is 5.32 Å². The van der Waals surface area contributed by atoms with E-state index in [1.54, 1.807) is 0 Å². The van der Waals surface area contributed by atoms with Gasteiger partial charge in [0, 0.05) is 19.6 Å². The van der Waals surface area contributed by atoms with Crippen molar-refractivity contribution in [3.05, 3.63) is 0 Å². The van der Waals surface area contributed by atoms with Crippen LogP contribution in [0.3, 0.4) is 0 Å². The summed E-state index contributed by atoms with van der Waals surface area (Å²) in [7, 11) is 0. The average molecular weight is 247 g/mol. The predicted octanol–water partition coefficient (Wildman–Crippen LogP) is 2.53. The molecule has 1 atom stereocenters. The second-order valence-corrected chi connectivity index (χ2v) is 5.92. The van der Waals surface area contributed by atoms with Crippen LogP contribution in [0, 0.1) is 11.3 Å². The van der Waals surface area contributed by atoms with Crippen LogP contribution in [0.25, 0.3) is 0 Å². The number of nitrogens with zero attached hydrogens (tertiary/aromatic N) is 1. The van der Waals surface area contributed by atoms with Gasteiger partial charge in [-0.25, -0.2) is 0 Å². The molecule has 1 aliphatic heterocycles. The Morgan fingerprint density at radius 1 is 1.38 bits per heavy atom. The summed E-state index contributed by atoms with van der Waals surface area (Å²) < 4.78 is 0. The second-order valence-electron chi connectivity index (χ2n) is 5.92. The maximum Gasteiger partial charge on any atom is 0.00481 e. The molecule has 0 aromatic rings. The summed E-state index contributed by atoms with van der Waals surface area (Å²) in [6.45, 7) is 11.2. The van der Waals surface area contributed by atoms with Crippen LogP contribution in [-0.4, -0.2) is 37.6 Å². The van der Waals surface area contributed by atoms with Crippen molar-refractivity contribution in [2.45, 2.75) is 39.5 Å². The quantitative estimate of drug-likeness (QED) is 0.775. The molecule has 3 heteroatoms. The van der Waals surface area contributed by atoms with Gasteiger partial charge in [-0.05, 0) is 50.1 Å². The van der Waals surface area contributed by atoms with Gasteiger partial charge in [-0.2, -0.15) is 0 Å². The molecule has 0 spiro atoms. The minimum atomic E-state index is 0. The zero-order chi connectivity index (χ0) is 10.7. The van der Waals surface area contributed by atoms with Gasteiger partial charge in [0.2, 0.25) is 0 Å². The van der Waals surface area contributed by atoms with Crippen molar-refractivity contribution in [2.24, 2.45) is 11.3 Å². The molecule has 2 fully saturated rings. The summed E-state index contributed by atoms with van der Waals surface area (Å²) in [4.78, 5) is 2.71. The van der Waals surface area contributed by atoms with Crippen LogP contribution >= 0.6 is 12.4 Å². The smallest absolute Gasteiger partial charge is 0.00481 e. The molecular weight excluding hydrogens is 220 g/mol. The fourth-order valence-electron chi connectivity index (χ4n) is 2.76. The lowest BCUT2D eigenvalue weighted by Crippen LogP contribution is -2.38. The molecular formula is C13H27ClN2. The highest BCUT2D eigenvalue weighted by atomic mass is 35.5. The van der Waals surface area contributed by atoms with E-state index < -0.39 is 0 Å². The van der Waals surface area contributed by atoms with Crippen molar-refractivity contribution < 1.29 is 0 Å². The zero-order valence-electron chi connectivity index (χ0n) is 10.8. The number of hydrogen-bond acceptors (Lipinski definition) is 2. The summed E-state index contributed by atoms with van der Waals surface area (Å²) in [6.07, 6.45) is 5.62. The van der Waals surface area contributed by atoms with Crippen molar-refractivity contribution in [1.29, 1.82) is 0 Å². The molecule has 0 bridgehead atoms. The summed E-state index contributed by atoms with van der Waals surface area (Å²) in [5.41, 5.74) is 0.546. The lowest BCUT2D eigenvalue weighted by atomic mass is 9.89. The van der Waals surface area contributed by atoms with Gasteiger partial charge in [-0.3, -0.25) is 0 Å².